The van der Waals surface area contributed by atoms with E-state index in [0.717, 1.165) is 18.0 Å². The lowest BCUT2D eigenvalue weighted by Crippen LogP contribution is -2.37. The minimum Gasteiger partial charge on any atom is -0.497 e. The molecule has 0 radical (unpaired) electrons. The fraction of sp³-hybridized carbons (Fsp3) is 0.294. The lowest BCUT2D eigenvalue weighted by Gasteiger charge is -2.30. The summed E-state index contributed by atoms with van der Waals surface area (Å²) in [5.41, 5.74) is 1.05. The summed E-state index contributed by atoms with van der Waals surface area (Å²) in [4.78, 5) is 2.14. The maximum atomic E-state index is 6.15. The second kappa shape index (κ2) is 7.23. The predicted octanol–water partition coefficient (Wildman–Crippen LogP) is 4.60. The molecule has 0 aliphatic rings. The zero-order valence-electron chi connectivity index (χ0n) is 12.5. The van der Waals surface area contributed by atoms with Gasteiger partial charge >= 0.3 is 0 Å². The van der Waals surface area contributed by atoms with E-state index >= 15 is 0 Å². The number of rotatable bonds is 6. The summed E-state index contributed by atoms with van der Waals surface area (Å²) in [6, 6.07) is 15.4. The maximum absolute atomic E-state index is 6.15. The van der Waals surface area contributed by atoms with Crippen LogP contribution >= 0.6 is 11.6 Å². The summed E-state index contributed by atoms with van der Waals surface area (Å²) < 4.78 is 11.3. The van der Waals surface area contributed by atoms with Gasteiger partial charge in [0.25, 0.3) is 0 Å². The van der Waals surface area contributed by atoms with Crippen molar-refractivity contribution >= 4 is 17.3 Å². The normalized spacial score (nSPS) is 11.8. The van der Waals surface area contributed by atoms with Crippen molar-refractivity contribution in [1.29, 1.82) is 0 Å². The molecule has 2 aromatic carbocycles. The standard InChI is InChI=1S/C17H20ClNO2/c1-4-19(14-8-7-9-15(12-14)20-3)13(2)21-17-11-6-5-10-16(17)18/h5-13H,4H2,1-3H3. The number of nitrogens with zero attached hydrogens (tertiary/aromatic N) is 1. The van der Waals surface area contributed by atoms with Crippen LogP contribution in [0.25, 0.3) is 0 Å². The Morgan fingerprint density at radius 2 is 1.90 bits per heavy atom. The highest BCUT2D eigenvalue weighted by atomic mass is 35.5. The molecule has 0 aromatic heterocycles. The van der Waals surface area contributed by atoms with Gasteiger partial charge in [-0.2, -0.15) is 0 Å². The summed E-state index contributed by atoms with van der Waals surface area (Å²) in [5, 5.41) is 0.617. The Labute approximate surface area is 131 Å². The van der Waals surface area contributed by atoms with E-state index in [0.29, 0.717) is 10.8 Å². The van der Waals surface area contributed by atoms with E-state index in [9.17, 15) is 0 Å². The van der Waals surface area contributed by atoms with Gasteiger partial charge in [0.1, 0.15) is 11.5 Å². The molecule has 0 amide bonds. The second-order valence-electron chi connectivity index (χ2n) is 4.64. The van der Waals surface area contributed by atoms with Crippen LogP contribution in [0, 0.1) is 0 Å². The largest absolute Gasteiger partial charge is 0.497 e. The highest BCUT2D eigenvalue weighted by Gasteiger charge is 2.16. The van der Waals surface area contributed by atoms with Crippen LogP contribution in [0.4, 0.5) is 5.69 Å². The van der Waals surface area contributed by atoms with Crippen LogP contribution in [0.15, 0.2) is 48.5 Å². The molecule has 0 spiro atoms. The summed E-state index contributed by atoms with van der Waals surface area (Å²) >= 11 is 6.15. The van der Waals surface area contributed by atoms with E-state index in [2.05, 4.69) is 11.8 Å². The van der Waals surface area contributed by atoms with Gasteiger partial charge in [0.2, 0.25) is 0 Å². The first-order valence-corrected chi connectivity index (χ1v) is 7.35. The smallest absolute Gasteiger partial charge is 0.169 e. The molecule has 1 atom stereocenters. The van der Waals surface area contributed by atoms with Crippen LogP contribution in [0.5, 0.6) is 11.5 Å². The number of para-hydroxylation sites is 1. The quantitative estimate of drug-likeness (QED) is 0.728. The molecular weight excluding hydrogens is 286 g/mol. The molecule has 21 heavy (non-hydrogen) atoms. The van der Waals surface area contributed by atoms with Gasteiger partial charge < -0.3 is 14.4 Å². The summed E-state index contributed by atoms with van der Waals surface area (Å²) in [5.74, 6) is 1.52. The Morgan fingerprint density at radius 1 is 1.14 bits per heavy atom. The van der Waals surface area contributed by atoms with Crippen LogP contribution < -0.4 is 14.4 Å². The fourth-order valence-corrected chi connectivity index (χ4v) is 2.41. The molecule has 2 aromatic rings. The van der Waals surface area contributed by atoms with Crippen molar-refractivity contribution in [2.45, 2.75) is 20.1 Å². The van der Waals surface area contributed by atoms with Crippen molar-refractivity contribution in [2.75, 3.05) is 18.6 Å². The second-order valence-corrected chi connectivity index (χ2v) is 5.04. The Balaban J connectivity index is 2.18. The van der Waals surface area contributed by atoms with Gasteiger partial charge in [-0.3, -0.25) is 0 Å². The third-order valence-electron chi connectivity index (χ3n) is 3.30. The number of ether oxygens (including phenoxy) is 2. The van der Waals surface area contributed by atoms with Crippen molar-refractivity contribution in [3.8, 4) is 11.5 Å². The zero-order chi connectivity index (χ0) is 15.2. The number of anilines is 1. The first kappa shape index (κ1) is 15.5. The van der Waals surface area contributed by atoms with Crippen LogP contribution in [-0.2, 0) is 0 Å². The molecule has 0 bridgehead atoms. The van der Waals surface area contributed by atoms with E-state index in [-0.39, 0.29) is 6.23 Å². The average Bonchev–Trinajstić information content (AvgIpc) is 2.50. The lowest BCUT2D eigenvalue weighted by molar-refractivity contribution is 0.216. The molecule has 0 saturated heterocycles. The molecule has 0 saturated carbocycles. The highest BCUT2D eigenvalue weighted by molar-refractivity contribution is 6.32. The van der Waals surface area contributed by atoms with Crippen molar-refractivity contribution in [1.82, 2.24) is 0 Å². The monoisotopic (exact) mass is 305 g/mol. The zero-order valence-corrected chi connectivity index (χ0v) is 13.3. The van der Waals surface area contributed by atoms with Crippen molar-refractivity contribution in [3.05, 3.63) is 53.6 Å². The van der Waals surface area contributed by atoms with Crippen molar-refractivity contribution in [3.63, 3.8) is 0 Å². The van der Waals surface area contributed by atoms with Gasteiger partial charge in [0.15, 0.2) is 6.23 Å². The average molecular weight is 306 g/mol. The molecule has 0 aliphatic carbocycles. The van der Waals surface area contributed by atoms with Crippen LogP contribution in [0.3, 0.4) is 0 Å². The first-order chi connectivity index (χ1) is 10.2. The molecule has 0 aliphatic heterocycles. The Bertz CT molecular complexity index is 589. The molecule has 0 N–H and O–H groups in total. The van der Waals surface area contributed by atoms with E-state index < -0.39 is 0 Å². The molecular formula is C17H20ClNO2. The number of halogens is 1. The Kier molecular flexibility index (Phi) is 5.34. The molecule has 0 fully saturated rings. The topological polar surface area (TPSA) is 21.7 Å². The molecule has 2 rings (SSSR count). The molecule has 1 unspecified atom stereocenters. The number of benzene rings is 2. The lowest BCUT2D eigenvalue weighted by atomic mass is 10.2. The van der Waals surface area contributed by atoms with Crippen molar-refractivity contribution in [2.24, 2.45) is 0 Å². The van der Waals surface area contributed by atoms with Gasteiger partial charge in [-0.1, -0.05) is 29.8 Å². The molecule has 0 heterocycles. The minimum absolute atomic E-state index is 0.137. The predicted molar refractivity (Wildman–Crippen MR) is 87.6 cm³/mol. The number of hydrogen-bond donors (Lipinski definition) is 0. The summed E-state index contributed by atoms with van der Waals surface area (Å²) in [7, 11) is 1.67. The van der Waals surface area contributed by atoms with Gasteiger partial charge in [0, 0.05) is 18.3 Å². The van der Waals surface area contributed by atoms with Crippen LogP contribution in [-0.4, -0.2) is 19.9 Å². The molecule has 3 nitrogen and oxygen atoms in total. The third-order valence-corrected chi connectivity index (χ3v) is 3.61. The van der Waals surface area contributed by atoms with Crippen LogP contribution in [0.1, 0.15) is 13.8 Å². The van der Waals surface area contributed by atoms with Gasteiger partial charge in [-0.15, -0.1) is 0 Å². The van der Waals surface area contributed by atoms with Crippen LogP contribution in [0.2, 0.25) is 5.02 Å². The van der Waals surface area contributed by atoms with E-state index in [1.807, 2.05) is 55.5 Å². The summed E-state index contributed by atoms with van der Waals surface area (Å²) in [6.45, 7) is 4.91. The minimum atomic E-state index is -0.137. The van der Waals surface area contributed by atoms with Crippen molar-refractivity contribution < 1.29 is 9.47 Å². The molecule has 4 heteroatoms. The number of hydrogen-bond acceptors (Lipinski definition) is 3. The maximum Gasteiger partial charge on any atom is 0.169 e. The van der Waals surface area contributed by atoms with E-state index in [1.165, 1.54) is 0 Å². The first-order valence-electron chi connectivity index (χ1n) is 6.97. The summed E-state index contributed by atoms with van der Waals surface area (Å²) in [6.07, 6.45) is -0.137. The van der Waals surface area contributed by atoms with Gasteiger partial charge in [0.05, 0.1) is 12.1 Å². The van der Waals surface area contributed by atoms with E-state index in [1.54, 1.807) is 7.11 Å². The molecule has 112 valence electrons. The number of methoxy groups -OCH3 is 1. The van der Waals surface area contributed by atoms with E-state index in [4.69, 9.17) is 21.1 Å². The SMILES string of the molecule is CCN(c1cccc(OC)c1)C(C)Oc1ccccc1Cl. The van der Waals surface area contributed by atoms with Gasteiger partial charge in [-0.25, -0.2) is 0 Å². The Morgan fingerprint density at radius 3 is 2.57 bits per heavy atom. The van der Waals surface area contributed by atoms with Gasteiger partial charge in [-0.05, 0) is 38.1 Å². The third kappa shape index (κ3) is 3.82. The highest BCUT2D eigenvalue weighted by Crippen LogP contribution is 2.27. The Hall–Kier alpha value is -1.87. The fourth-order valence-electron chi connectivity index (χ4n) is 2.23.